The number of aromatic nitrogens is 4. The minimum absolute atomic E-state index is 0.0958. The summed E-state index contributed by atoms with van der Waals surface area (Å²) < 4.78 is 1.80. The minimum atomic E-state index is -0.198. The van der Waals surface area contributed by atoms with Crippen LogP contribution in [0.25, 0.3) is 10.9 Å². The first-order valence-corrected chi connectivity index (χ1v) is 12.0. The number of hydrogen-bond acceptors (Lipinski definition) is 5. The maximum atomic E-state index is 13.0. The molecule has 4 rings (SSSR count). The molecule has 0 aliphatic carbocycles. The van der Waals surface area contributed by atoms with Gasteiger partial charge < -0.3 is 20.1 Å². The van der Waals surface area contributed by atoms with Gasteiger partial charge in [0.2, 0.25) is 5.91 Å². The summed E-state index contributed by atoms with van der Waals surface area (Å²) in [7, 11) is 1.83. The molecule has 9 nitrogen and oxygen atoms in total. The standard InChI is InChI=1S/C25H32ClN7O2/c1-7-21(34)33-9-8-15(13-33)29-24(35)22-14(2)28-20(32(22)6)12-27-23-16-10-17(25(3,4)5)18(26)11-19(16)30-31-23/h7,10-11,15H,1,8-9,12-13H2,2-6H3,(H,29,35)(H2,27,30,31)/t15-/m1/s1. The van der Waals surface area contributed by atoms with Crippen molar-refractivity contribution in [1.29, 1.82) is 0 Å². The molecule has 3 heterocycles. The highest BCUT2D eigenvalue weighted by molar-refractivity contribution is 6.32. The molecule has 1 aliphatic heterocycles. The summed E-state index contributed by atoms with van der Waals surface area (Å²) >= 11 is 6.49. The summed E-state index contributed by atoms with van der Waals surface area (Å²) in [5, 5.41) is 15.5. The van der Waals surface area contributed by atoms with E-state index in [1.54, 1.807) is 9.47 Å². The number of carbonyl (C=O) groups excluding carboxylic acids is 2. The zero-order valence-corrected chi connectivity index (χ0v) is 21.6. The van der Waals surface area contributed by atoms with Crippen LogP contribution in [0.2, 0.25) is 5.02 Å². The Morgan fingerprint density at radius 3 is 2.77 bits per heavy atom. The predicted molar refractivity (Wildman–Crippen MR) is 138 cm³/mol. The summed E-state index contributed by atoms with van der Waals surface area (Å²) in [5.74, 6) is 1.10. The number of benzene rings is 1. The van der Waals surface area contributed by atoms with Gasteiger partial charge in [-0.1, -0.05) is 39.0 Å². The monoisotopic (exact) mass is 497 g/mol. The van der Waals surface area contributed by atoms with E-state index in [4.69, 9.17) is 11.6 Å². The van der Waals surface area contributed by atoms with Crippen molar-refractivity contribution in [2.45, 2.75) is 52.1 Å². The van der Waals surface area contributed by atoms with E-state index in [1.165, 1.54) is 6.08 Å². The third-order valence-electron chi connectivity index (χ3n) is 6.46. The van der Waals surface area contributed by atoms with Crippen molar-refractivity contribution in [3.63, 3.8) is 0 Å². The molecule has 0 unspecified atom stereocenters. The molecule has 2 aromatic heterocycles. The van der Waals surface area contributed by atoms with E-state index in [9.17, 15) is 9.59 Å². The highest BCUT2D eigenvalue weighted by Crippen LogP contribution is 2.34. The fourth-order valence-corrected chi connectivity index (χ4v) is 4.99. The number of amides is 2. The summed E-state index contributed by atoms with van der Waals surface area (Å²) in [5.41, 5.74) is 2.94. The number of likely N-dealkylation sites (tertiary alicyclic amines) is 1. The number of aryl methyl sites for hydroxylation is 1. The zero-order valence-electron chi connectivity index (χ0n) is 20.8. The molecule has 1 aliphatic rings. The van der Waals surface area contributed by atoms with Gasteiger partial charge in [0.05, 0.1) is 17.8 Å². The van der Waals surface area contributed by atoms with Crippen LogP contribution in [0.15, 0.2) is 24.8 Å². The number of H-pyrrole nitrogens is 1. The second-order valence-corrected chi connectivity index (χ2v) is 10.4. The van der Waals surface area contributed by atoms with Gasteiger partial charge in [-0.15, -0.1) is 0 Å². The summed E-state index contributed by atoms with van der Waals surface area (Å²) in [6.45, 7) is 13.2. The first kappa shape index (κ1) is 24.8. The van der Waals surface area contributed by atoms with Crippen molar-refractivity contribution in [3.05, 3.63) is 52.6 Å². The van der Waals surface area contributed by atoms with Crippen LogP contribution in [0, 0.1) is 6.92 Å². The first-order valence-electron chi connectivity index (χ1n) is 11.7. The van der Waals surface area contributed by atoms with Crippen LogP contribution in [0.5, 0.6) is 0 Å². The van der Waals surface area contributed by atoms with Crippen molar-refractivity contribution in [3.8, 4) is 0 Å². The molecule has 1 saturated heterocycles. The van der Waals surface area contributed by atoms with Gasteiger partial charge in [-0.25, -0.2) is 4.98 Å². The van der Waals surface area contributed by atoms with E-state index >= 15 is 0 Å². The smallest absolute Gasteiger partial charge is 0.270 e. The summed E-state index contributed by atoms with van der Waals surface area (Å²) in [6, 6.07) is 3.87. The molecule has 35 heavy (non-hydrogen) atoms. The quantitative estimate of drug-likeness (QED) is 0.450. The van der Waals surface area contributed by atoms with E-state index < -0.39 is 0 Å². The number of carbonyl (C=O) groups is 2. The number of hydrogen-bond donors (Lipinski definition) is 3. The summed E-state index contributed by atoms with van der Waals surface area (Å²) in [4.78, 5) is 31.2. The van der Waals surface area contributed by atoms with Gasteiger partial charge in [0.15, 0.2) is 5.82 Å². The van der Waals surface area contributed by atoms with Gasteiger partial charge >= 0.3 is 0 Å². The Morgan fingerprint density at radius 2 is 2.09 bits per heavy atom. The van der Waals surface area contributed by atoms with Crippen LogP contribution in [-0.2, 0) is 23.8 Å². The average Bonchev–Trinajstić information content (AvgIpc) is 3.48. The first-order chi connectivity index (χ1) is 16.5. The van der Waals surface area contributed by atoms with Crippen molar-refractivity contribution < 1.29 is 9.59 Å². The van der Waals surface area contributed by atoms with Gasteiger partial charge in [-0.3, -0.25) is 14.7 Å². The SMILES string of the molecule is C=CC(=O)N1CC[C@@H](NC(=O)c2c(C)nc(CNc3n[nH]c4cc(Cl)c(C(C)(C)C)cc34)n2C)C1. The molecule has 10 heteroatoms. The lowest BCUT2D eigenvalue weighted by atomic mass is 9.86. The van der Waals surface area contributed by atoms with Gasteiger partial charge in [0.25, 0.3) is 5.91 Å². The largest absolute Gasteiger partial charge is 0.361 e. The molecule has 3 N–H and O–H groups in total. The van der Waals surface area contributed by atoms with Crippen LogP contribution in [0.3, 0.4) is 0 Å². The number of rotatable bonds is 6. The third-order valence-corrected chi connectivity index (χ3v) is 6.77. The van der Waals surface area contributed by atoms with Gasteiger partial charge in [0.1, 0.15) is 11.5 Å². The molecular weight excluding hydrogens is 466 g/mol. The lowest BCUT2D eigenvalue weighted by molar-refractivity contribution is -0.125. The second-order valence-electron chi connectivity index (χ2n) is 10.0. The molecule has 0 radical (unpaired) electrons. The molecule has 0 spiro atoms. The van der Waals surface area contributed by atoms with Crippen LogP contribution >= 0.6 is 11.6 Å². The van der Waals surface area contributed by atoms with Gasteiger partial charge in [-0.05, 0) is 42.5 Å². The fourth-order valence-electron chi connectivity index (χ4n) is 4.54. The number of aromatic amines is 1. The van der Waals surface area contributed by atoms with Crippen LogP contribution in [0.1, 0.15) is 54.8 Å². The van der Waals surface area contributed by atoms with Crippen molar-refractivity contribution >= 4 is 40.1 Å². The van der Waals surface area contributed by atoms with E-state index in [-0.39, 0.29) is 23.3 Å². The molecule has 1 fully saturated rings. The maximum Gasteiger partial charge on any atom is 0.270 e. The number of nitrogens with one attached hydrogen (secondary N) is 3. The molecule has 2 amide bonds. The molecule has 1 atom stereocenters. The molecular formula is C25H32ClN7O2. The van der Waals surface area contributed by atoms with Gasteiger partial charge in [-0.2, -0.15) is 5.10 Å². The zero-order chi connectivity index (χ0) is 25.5. The minimum Gasteiger partial charge on any atom is -0.361 e. The van der Waals surface area contributed by atoms with Gasteiger partial charge in [0, 0.05) is 36.6 Å². The average molecular weight is 498 g/mol. The summed E-state index contributed by atoms with van der Waals surface area (Å²) in [6.07, 6.45) is 2.01. The topological polar surface area (TPSA) is 108 Å². The fraction of sp³-hybridized carbons (Fsp3) is 0.440. The van der Waals surface area contributed by atoms with Crippen molar-refractivity contribution in [2.24, 2.45) is 7.05 Å². The normalized spacial score (nSPS) is 16.1. The molecule has 186 valence electrons. The number of halogens is 1. The Labute approximate surface area is 209 Å². The van der Waals surface area contributed by atoms with Crippen LogP contribution in [0.4, 0.5) is 5.82 Å². The maximum absolute atomic E-state index is 13.0. The third kappa shape index (κ3) is 4.91. The lowest BCUT2D eigenvalue weighted by Crippen LogP contribution is -2.39. The Bertz CT molecular complexity index is 1300. The Morgan fingerprint density at radius 1 is 1.34 bits per heavy atom. The highest BCUT2D eigenvalue weighted by atomic mass is 35.5. The van der Waals surface area contributed by atoms with Crippen LogP contribution < -0.4 is 10.6 Å². The lowest BCUT2D eigenvalue weighted by Gasteiger charge is -2.20. The number of imidazole rings is 1. The van der Waals surface area contributed by atoms with Crippen LogP contribution in [-0.4, -0.2) is 55.6 Å². The number of nitrogens with zero attached hydrogens (tertiary/aromatic N) is 4. The Hall–Kier alpha value is -3.33. The van der Waals surface area contributed by atoms with E-state index in [2.05, 4.69) is 59.2 Å². The van der Waals surface area contributed by atoms with Crippen molar-refractivity contribution in [1.82, 2.24) is 30.0 Å². The molecule has 0 bridgehead atoms. The number of fused-ring (bicyclic) bond motifs is 1. The molecule has 3 aromatic rings. The Balaban J connectivity index is 1.48. The van der Waals surface area contributed by atoms with E-state index in [0.29, 0.717) is 54.1 Å². The molecule has 0 saturated carbocycles. The second kappa shape index (κ2) is 9.37. The van der Waals surface area contributed by atoms with E-state index in [0.717, 1.165) is 16.5 Å². The predicted octanol–water partition coefficient (Wildman–Crippen LogP) is 3.68. The Kier molecular flexibility index (Phi) is 6.64. The van der Waals surface area contributed by atoms with Crippen molar-refractivity contribution in [2.75, 3.05) is 18.4 Å². The molecule has 1 aromatic carbocycles. The highest BCUT2D eigenvalue weighted by Gasteiger charge is 2.28. The van der Waals surface area contributed by atoms with E-state index in [1.807, 2.05) is 20.0 Å². The number of anilines is 1.